The van der Waals surface area contributed by atoms with Crippen molar-refractivity contribution in [3.8, 4) is 0 Å². The van der Waals surface area contributed by atoms with E-state index < -0.39 is 5.54 Å². The maximum Gasteiger partial charge on any atom is 0.305 e. The summed E-state index contributed by atoms with van der Waals surface area (Å²) in [6.07, 6.45) is 2.35. The van der Waals surface area contributed by atoms with Crippen LogP contribution in [0.15, 0.2) is 0 Å². The molecule has 10 heteroatoms. The maximum absolute atomic E-state index is 11.1. The van der Waals surface area contributed by atoms with Crippen LogP contribution in [-0.4, -0.2) is 84.4 Å². The third-order valence-corrected chi connectivity index (χ3v) is 3.86. The van der Waals surface area contributed by atoms with E-state index in [9.17, 15) is 14.4 Å². The highest BCUT2D eigenvalue weighted by molar-refractivity contribution is 5.69. The van der Waals surface area contributed by atoms with Gasteiger partial charge in [0.25, 0.3) is 0 Å². The molecule has 10 nitrogen and oxygen atoms in total. The molecule has 0 heterocycles. The molecule has 0 saturated carbocycles. The number of carbonyl (C=O) groups excluding carboxylic acids is 3. The molecule has 0 unspecified atom stereocenters. The third kappa shape index (κ3) is 15.8. The van der Waals surface area contributed by atoms with Crippen LogP contribution in [0, 0.1) is 0 Å². The molecule has 0 aromatic rings. The van der Waals surface area contributed by atoms with E-state index in [4.69, 9.17) is 19.9 Å². The Labute approximate surface area is 172 Å². The maximum atomic E-state index is 11.1. The molecule has 0 aromatic heterocycles. The van der Waals surface area contributed by atoms with Crippen LogP contribution in [0.25, 0.3) is 0 Å². The van der Waals surface area contributed by atoms with E-state index in [1.807, 2.05) is 0 Å². The summed E-state index contributed by atoms with van der Waals surface area (Å²) in [7, 11) is 4.01. The zero-order chi connectivity index (χ0) is 22.0. The van der Waals surface area contributed by atoms with Crippen LogP contribution in [0.3, 0.4) is 0 Å². The zero-order valence-corrected chi connectivity index (χ0v) is 17.7. The molecule has 0 amide bonds. The first-order chi connectivity index (χ1) is 13.9. The summed E-state index contributed by atoms with van der Waals surface area (Å²) < 4.78 is 30.5. The number of esters is 3. The van der Waals surface area contributed by atoms with Gasteiger partial charge in [-0.15, -0.1) is 0 Å². The Morgan fingerprint density at radius 2 is 0.897 bits per heavy atom. The van der Waals surface area contributed by atoms with E-state index in [0.29, 0.717) is 39.1 Å². The molecule has 29 heavy (non-hydrogen) atoms. The molecule has 170 valence electrons. The molecule has 2 N–H and O–H groups in total. The number of hydrogen-bond donors (Lipinski definition) is 1. The van der Waals surface area contributed by atoms with Gasteiger partial charge in [0, 0.05) is 39.1 Å². The summed E-state index contributed by atoms with van der Waals surface area (Å²) in [5, 5.41) is 0. The average Bonchev–Trinajstić information content (AvgIpc) is 2.72. The monoisotopic (exact) mass is 421 g/mol. The topological polar surface area (TPSA) is 133 Å². The van der Waals surface area contributed by atoms with Crippen molar-refractivity contribution in [1.82, 2.24) is 0 Å². The first-order valence-electron chi connectivity index (χ1n) is 9.59. The Kier molecular flexibility index (Phi) is 16.1. The molecule has 0 spiro atoms. The van der Waals surface area contributed by atoms with Crippen molar-refractivity contribution in [3.05, 3.63) is 0 Å². The lowest BCUT2D eigenvalue weighted by molar-refractivity contribution is -0.141. The van der Waals surface area contributed by atoms with E-state index in [1.165, 1.54) is 21.3 Å². The fourth-order valence-corrected chi connectivity index (χ4v) is 2.21. The van der Waals surface area contributed by atoms with Crippen molar-refractivity contribution >= 4 is 17.9 Å². The molecule has 0 saturated heterocycles. The molecule has 0 fully saturated rings. The summed E-state index contributed by atoms with van der Waals surface area (Å²) in [5.74, 6) is -0.888. The molecular formula is C19H35NO9. The quantitative estimate of drug-likeness (QED) is 0.190. The van der Waals surface area contributed by atoms with Gasteiger partial charge < -0.3 is 34.2 Å². The number of hydrogen-bond acceptors (Lipinski definition) is 10. The van der Waals surface area contributed by atoms with Crippen LogP contribution < -0.4 is 5.73 Å². The highest BCUT2D eigenvalue weighted by Gasteiger charge is 2.26. The van der Waals surface area contributed by atoms with Crippen LogP contribution in [-0.2, 0) is 42.8 Å². The highest BCUT2D eigenvalue weighted by Crippen LogP contribution is 2.07. The number of nitrogens with two attached hydrogens (primary N) is 1. The van der Waals surface area contributed by atoms with Gasteiger partial charge in [-0.25, -0.2) is 0 Å². The van der Waals surface area contributed by atoms with E-state index in [0.717, 1.165) is 0 Å². The van der Waals surface area contributed by atoms with E-state index >= 15 is 0 Å². The van der Waals surface area contributed by atoms with Gasteiger partial charge in [0.15, 0.2) is 0 Å². The van der Waals surface area contributed by atoms with Crippen molar-refractivity contribution in [1.29, 1.82) is 0 Å². The first kappa shape index (κ1) is 27.2. The highest BCUT2D eigenvalue weighted by atomic mass is 16.5. The van der Waals surface area contributed by atoms with Gasteiger partial charge in [-0.1, -0.05) is 0 Å². The second-order valence-corrected chi connectivity index (χ2v) is 6.56. The fourth-order valence-electron chi connectivity index (χ4n) is 2.21. The first-order valence-corrected chi connectivity index (χ1v) is 9.59. The van der Waals surface area contributed by atoms with Gasteiger partial charge in [0.2, 0.25) is 0 Å². The van der Waals surface area contributed by atoms with Gasteiger partial charge in [-0.2, -0.15) is 0 Å². The lowest BCUT2D eigenvalue weighted by Gasteiger charge is -2.29. The molecule has 0 radical (unpaired) electrons. The second kappa shape index (κ2) is 17.1. The van der Waals surface area contributed by atoms with Crippen molar-refractivity contribution in [2.45, 2.75) is 44.1 Å². The second-order valence-electron chi connectivity index (χ2n) is 6.56. The standard InChI is InChI=1S/C19H35NO9/c1-24-16(21)7-4-10-27-13-19(20,14-28-11-5-8-17(22)25-2)15-29-12-6-9-18(23)26-3/h4-15,20H2,1-3H3. The summed E-state index contributed by atoms with van der Waals surface area (Å²) in [6, 6.07) is 0. The zero-order valence-electron chi connectivity index (χ0n) is 17.7. The Morgan fingerprint density at radius 1 is 0.621 bits per heavy atom. The Bertz CT molecular complexity index is 406. The smallest absolute Gasteiger partial charge is 0.305 e. The average molecular weight is 421 g/mol. The van der Waals surface area contributed by atoms with Crippen LogP contribution in [0.5, 0.6) is 0 Å². The summed E-state index contributed by atoms with van der Waals surface area (Å²) in [6.45, 7) is 1.54. The molecule has 0 bridgehead atoms. The van der Waals surface area contributed by atoms with Crippen molar-refractivity contribution in [2.24, 2.45) is 5.73 Å². The summed E-state index contributed by atoms with van der Waals surface area (Å²) in [5.41, 5.74) is 5.45. The Balaban J connectivity index is 4.27. The van der Waals surface area contributed by atoms with Gasteiger partial charge in [0.05, 0.1) is 46.7 Å². The fraction of sp³-hybridized carbons (Fsp3) is 0.842. The lowest BCUT2D eigenvalue weighted by Crippen LogP contribution is -2.53. The predicted molar refractivity (Wildman–Crippen MR) is 103 cm³/mol. The minimum atomic E-state index is -0.901. The minimum Gasteiger partial charge on any atom is -0.469 e. The molecule has 0 aliphatic heterocycles. The number of rotatable bonds is 18. The van der Waals surface area contributed by atoms with Crippen LogP contribution >= 0.6 is 0 Å². The molecule has 0 aromatic carbocycles. The minimum absolute atomic E-state index is 0.169. The van der Waals surface area contributed by atoms with Crippen molar-refractivity contribution < 1.29 is 42.8 Å². The molecule has 0 rings (SSSR count). The Hall–Kier alpha value is -1.75. The Morgan fingerprint density at radius 3 is 1.14 bits per heavy atom. The van der Waals surface area contributed by atoms with Gasteiger partial charge in [-0.05, 0) is 19.3 Å². The van der Waals surface area contributed by atoms with Crippen LogP contribution in [0.1, 0.15) is 38.5 Å². The number of ether oxygens (including phenoxy) is 6. The summed E-state index contributed by atoms with van der Waals surface area (Å²) >= 11 is 0. The lowest BCUT2D eigenvalue weighted by atomic mass is 10.1. The molecule has 0 aliphatic rings. The molecule has 0 aliphatic carbocycles. The largest absolute Gasteiger partial charge is 0.469 e. The normalized spacial score (nSPS) is 11.2. The van der Waals surface area contributed by atoms with E-state index in [1.54, 1.807) is 0 Å². The molecular weight excluding hydrogens is 386 g/mol. The van der Waals surface area contributed by atoms with Crippen LogP contribution in [0.2, 0.25) is 0 Å². The third-order valence-electron chi connectivity index (χ3n) is 3.86. The van der Waals surface area contributed by atoms with Gasteiger partial charge in [-0.3, -0.25) is 14.4 Å². The van der Waals surface area contributed by atoms with Crippen LogP contribution in [0.4, 0.5) is 0 Å². The van der Waals surface area contributed by atoms with Gasteiger partial charge >= 0.3 is 17.9 Å². The van der Waals surface area contributed by atoms with E-state index in [2.05, 4.69) is 14.2 Å². The SMILES string of the molecule is COC(=O)CCCOCC(N)(COCCCC(=O)OC)COCCCC(=O)OC. The molecule has 0 atom stereocenters. The van der Waals surface area contributed by atoms with Crippen molar-refractivity contribution in [2.75, 3.05) is 61.0 Å². The predicted octanol–water partition coefficient (Wildman–Crippen LogP) is 0.593. The van der Waals surface area contributed by atoms with Crippen molar-refractivity contribution in [3.63, 3.8) is 0 Å². The number of methoxy groups -OCH3 is 3. The van der Waals surface area contributed by atoms with Gasteiger partial charge in [0.1, 0.15) is 0 Å². The summed E-state index contributed by atoms with van der Waals surface area (Å²) in [4.78, 5) is 33.3. The number of carbonyl (C=O) groups is 3. The van der Waals surface area contributed by atoms with E-state index in [-0.39, 0.29) is 57.0 Å².